The third-order valence-corrected chi connectivity index (χ3v) is 4.58. The van der Waals surface area contributed by atoms with Crippen molar-refractivity contribution >= 4 is 12.1 Å². The van der Waals surface area contributed by atoms with Crippen molar-refractivity contribution in [3.8, 4) is 0 Å². The lowest BCUT2D eigenvalue weighted by atomic mass is 10.1. The van der Waals surface area contributed by atoms with E-state index >= 15 is 0 Å². The smallest absolute Gasteiger partial charge is 0.408 e. The fraction of sp³-hybridized carbons (Fsp3) is 0.565. The van der Waals surface area contributed by atoms with Crippen LogP contribution in [0.4, 0.5) is 4.79 Å². The van der Waals surface area contributed by atoms with Gasteiger partial charge in [-0.15, -0.1) is 0 Å². The molecule has 1 unspecified atom stereocenters. The molecule has 2 rings (SSSR count). The Morgan fingerprint density at radius 1 is 1.12 bits per heavy atom. The summed E-state index contributed by atoms with van der Waals surface area (Å²) in [7, 11) is 1.38. The molecular formula is C23H34N4O5. The molecule has 1 aromatic heterocycles. The summed E-state index contributed by atoms with van der Waals surface area (Å²) in [5.74, 6) is 0.111. The molecule has 32 heavy (non-hydrogen) atoms. The lowest BCUT2D eigenvalue weighted by Gasteiger charge is -2.26. The molecule has 0 saturated heterocycles. The van der Waals surface area contributed by atoms with Crippen LogP contribution in [0, 0.1) is 5.92 Å². The van der Waals surface area contributed by atoms with Crippen molar-refractivity contribution in [3.05, 3.63) is 47.6 Å². The van der Waals surface area contributed by atoms with E-state index in [9.17, 15) is 9.59 Å². The lowest BCUT2D eigenvalue weighted by molar-refractivity contribution is -0.145. The molecule has 1 N–H and O–H groups in total. The summed E-state index contributed by atoms with van der Waals surface area (Å²) in [4.78, 5) is 30.6. The van der Waals surface area contributed by atoms with E-state index in [0.29, 0.717) is 31.3 Å². The number of nitrogens with one attached hydrogen (secondary N) is 1. The molecule has 9 nitrogen and oxygen atoms in total. The highest BCUT2D eigenvalue weighted by atomic mass is 16.6. The van der Waals surface area contributed by atoms with Crippen LogP contribution in [-0.4, -0.2) is 46.4 Å². The van der Waals surface area contributed by atoms with Gasteiger partial charge in [-0.3, -0.25) is 9.69 Å². The first-order valence-electron chi connectivity index (χ1n) is 10.6. The van der Waals surface area contributed by atoms with Gasteiger partial charge < -0.3 is 19.3 Å². The van der Waals surface area contributed by atoms with Crippen molar-refractivity contribution in [2.45, 2.75) is 65.8 Å². The number of benzene rings is 1. The Morgan fingerprint density at radius 2 is 1.78 bits per heavy atom. The second-order valence-corrected chi connectivity index (χ2v) is 9.34. The first kappa shape index (κ1) is 25.3. The zero-order valence-electron chi connectivity index (χ0n) is 20.0. The summed E-state index contributed by atoms with van der Waals surface area (Å²) in [6, 6.07) is 9.92. The Kier molecular flexibility index (Phi) is 8.38. The molecule has 9 heteroatoms. The number of carbonyl (C=O) groups excluding carboxylic acids is 2. The van der Waals surface area contributed by atoms with Crippen molar-refractivity contribution in [2.24, 2.45) is 5.92 Å². The van der Waals surface area contributed by atoms with E-state index in [1.165, 1.54) is 7.11 Å². The Bertz CT molecular complexity index is 889. The number of alkyl carbamates (subject to hydrolysis) is 1. The fourth-order valence-corrected chi connectivity index (χ4v) is 3.07. The molecule has 176 valence electrons. The predicted octanol–water partition coefficient (Wildman–Crippen LogP) is 3.64. The average molecular weight is 447 g/mol. The molecular weight excluding hydrogens is 412 g/mol. The molecule has 0 radical (unpaired) electrons. The molecule has 1 aromatic carbocycles. The summed E-state index contributed by atoms with van der Waals surface area (Å²) in [6.45, 7) is 12.1. The standard InChI is InChI=1S/C23H34N4O5/c1-16(19(28)30-7)13-27(14-17-11-9-8-10-12-17)15-18-24-20(26-32-18)23(5,6)25-21(29)31-22(2,3)4/h8-12,16H,13-15H2,1-7H3,(H,25,29). The van der Waals surface area contributed by atoms with E-state index in [1.807, 2.05) is 42.2 Å². The van der Waals surface area contributed by atoms with Crippen LogP contribution in [0.1, 0.15) is 58.8 Å². The SMILES string of the molecule is COC(=O)C(C)CN(Cc1ccccc1)Cc1nc(C(C)(C)NC(=O)OC(C)(C)C)no1. The molecule has 0 saturated carbocycles. The molecule has 0 bridgehead atoms. The highest BCUT2D eigenvalue weighted by molar-refractivity contribution is 5.72. The minimum absolute atomic E-state index is 0.281. The fourth-order valence-electron chi connectivity index (χ4n) is 3.07. The van der Waals surface area contributed by atoms with E-state index in [1.54, 1.807) is 34.6 Å². The van der Waals surface area contributed by atoms with Gasteiger partial charge in [-0.2, -0.15) is 4.98 Å². The first-order valence-corrected chi connectivity index (χ1v) is 10.6. The zero-order valence-corrected chi connectivity index (χ0v) is 20.0. The predicted molar refractivity (Wildman–Crippen MR) is 118 cm³/mol. The van der Waals surface area contributed by atoms with Crippen molar-refractivity contribution < 1.29 is 23.6 Å². The first-order chi connectivity index (χ1) is 14.9. The van der Waals surface area contributed by atoms with Gasteiger partial charge in [-0.05, 0) is 40.2 Å². The molecule has 0 aliphatic rings. The number of rotatable bonds is 9. The molecule has 0 aliphatic carbocycles. The molecule has 0 fully saturated rings. The number of hydrogen-bond donors (Lipinski definition) is 1. The monoisotopic (exact) mass is 446 g/mol. The van der Waals surface area contributed by atoms with Crippen LogP contribution in [0.3, 0.4) is 0 Å². The third-order valence-electron chi connectivity index (χ3n) is 4.58. The minimum atomic E-state index is -0.895. The molecule has 1 amide bonds. The highest BCUT2D eigenvalue weighted by Gasteiger charge is 2.31. The van der Waals surface area contributed by atoms with Crippen LogP contribution in [0.25, 0.3) is 0 Å². The zero-order chi connectivity index (χ0) is 23.9. The van der Waals surface area contributed by atoms with E-state index in [0.717, 1.165) is 5.56 Å². The van der Waals surface area contributed by atoms with Crippen molar-refractivity contribution in [3.63, 3.8) is 0 Å². The molecule has 1 heterocycles. The maximum atomic E-state index is 12.2. The number of aromatic nitrogens is 2. The highest BCUT2D eigenvalue weighted by Crippen LogP contribution is 2.20. The molecule has 2 aromatic rings. The molecule has 0 aliphatic heterocycles. The molecule has 0 spiro atoms. The van der Waals surface area contributed by atoms with Crippen LogP contribution < -0.4 is 5.32 Å². The summed E-state index contributed by atoms with van der Waals surface area (Å²) in [5.41, 5.74) is -0.416. The Balaban J connectivity index is 2.12. The Hall–Kier alpha value is -2.94. The van der Waals surface area contributed by atoms with Gasteiger partial charge in [-0.1, -0.05) is 42.4 Å². The number of amides is 1. The summed E-state index contributed by atoms with van der Waals surface area (Å²) >= 11 is 0. The van der Waals surface area contributed by atoms with Crippen LogP contribution in [-0.2, 0) is 32.9 Å². The normalized spacial score (nSPS) is 13.0. The average Bonchev–Trinajstić information content (AvgIpc) is 3.15. The van der Waals surface area contributed by atoms with Crippen LogP contribution in [0.15, 0.2) is 34.9 Å². The van der Waals surface area contributed by atoms with Crippen molar-refractivity contribution in [1.82, 2.24) is 20.4 Å². The van der Waals surface area contributed by atoms with Gasteiger partial charge in [0, 0.05) is 13.1 Å². The van der Waals surface area contributed by atoms with E-state index in [2.05, 4.69) is 15.5 Å². The molecule has 1 atom stereocenters. The largest absolute Gasteiger partial charge is 0.469 e. The van der Waals surface area contributed by atoms with Gasteiger partial charge in [0.25, 0.3) is 0 Å². The number of hydrogen-bond acceptors (Lipinski definition) is 8. The number of methoxy groups -OCH3 is 1. The number of esters is 1. The van der Waals surface area contributed by atoms with Crippen LogP contribution in [0.2, 0.25) is 0 Å². The summed E-state index contributed by atoms with van der Waals surface area (Å²) in [6.07, 6.45) is -0.563. The number of ether oxygens (including phenoxy) is 2. The van der Waals surface area contributed by atoms with Crippen molar-refractivity contribution in [1.29, 1.82) is 0 Å². The maximum Gasteiger partial charge on any atom is 0.408 e. The summed E-state index contributed by atoms with van der Waals surface area (Å²) < 4.78 is 15.6. The van der Waals surface area contributed by atoms with Gasteiger partial charge in [0.1, 0.15) is 11.1 Å². The summed E-state index contributed by atoms with van der Waals surface area (Å²) in [5, 5.41) is 6.82. The van der Waals surface area contributed by atoms with Crippen LogP contribution >= 0.6 is 0 Å². The quantitative estimate of drug-likeness (QED) is 0.582. The van der Waals surface area contributed by atoms with E-state index < -0.39 is 17.2 Å². The van der Waals surface area contributed by atoms with Gasteiger partial charge in [-0.25, -0.2) is 4.79 Å². The minimum Gasteiger partial charge on any atom is -0.469 e. The van der Waals surface area contributed by atoms with Gasteiger partial charge in [0.2, 0.25) is 5.89 Å². The number of carbonyl (C=O) groups is 2. The van der Waals surface area contributed by atoms with Gasteiger partial charge >= 0.3 is 12.1 Å². The second-order valence-electron chi connectivity index (χ2n) is 9.34. The number of nitrogens with zero attached hydrogens (tertiary/aromatic N) is 3. The maximum absolute atomic E-state index is 12.2. The Labute approximate surface area is 189 Å². The van der Waals surface area contributed by atoms with Gasteiger partial charge in [0.15, 0.2) is 5.82 Å². The third kappa shape index (κ3) is 7.96. The lowest BCUT2D eigenvalue weighted by Crippen LogP contribution is -2.44. The van der Waals surface area contributed by atoms with Gasteiger partial charge in [0.05, 0.1) is 19.6 Å². The van der Waals surface area contributed by atoms with E-state index in [4.69, 9.17) is 14.0 Å². The van der Waals surface area contributed by atoms with E-state index in [-0.39, 0.29) is 11.9 Å². The Morgan fingerprint density at radius 3 is 2.38 bits per heavy atom. The van der Waals surface area contributed by atoms with Crippen molar-refractivity contribution in [2.75, 3.05) is 13.7 Å². The van der Waals surface area contributed by atoms with Crippen LogP contribution in [0.5, 0.6) is 0 Å². The second kappa shape index (κ2) is 10.6. The topological polar surface area (TPSA) is 107 Å².